The highest BCUT2D eigenvalue weighted by Crippen LogP contribution is 2.15. The molecule has 118 valence electrons. The van der Waals surface area contributed by atoms with Crippen LogP contribution in [0.2, 0.25) is 0 Å². The lowest BCUT2D eigenvalue weighted by atomic mass is 10.2. The van der Waals surface area contributed by atoms with Crippen LogP contribution >= 0.6 is 0 Å². The number of hydrogen-bond acceptors (Lipinski definition) is 4. The summed E-state index contributed by atoms with van der Waals surface area (Å²) < 4.78 is 10.2. The van der Waals surface area contributed by atoms with Crippen molar-refractivity contribution in [2.45, 2.75) is 6.61 Å². The fraction of sp³-hybridized carbons (Fsp3) is 0.167. The van der Waals surface area contributed by atoms with E-state index < -0.39 is 6.09 Å². The molecule has 0 atom stereocenters. The van der Waals surface area contributed by atoms with Crippen molar-refractivity contribution in [1.29, 1.82) is 0 Å². The normalized spacial score (nSPS) is 9.43. The third-order valence-electron chi connectivity index (χ3n) is 2.84. The lowest BCUT2D eigenvalue weighted by Gasteiger charge is -2.05. The number of ether oxygens (including phenoxy) is 2. The Hall–Kier alpha value is -2.97. The molecule has 2 aromatic carbocycles. The van der Waals surface area contributed by atoms with Crippen molar-refractivity contribution in [1.82, 2.24) is 5.48 Å². The number of carbonyl (C=O) groups is 1. The molecule has 23 heavy (non-hydrogen) atoms. The Labute approximate surface area is 135 Å². The van der Waals surface area contributed by atoms with E-state index in [1.807, 2.05) is 54.6 Å². The SMILES string of the molecule is COc1ccccc1C#CCONC(=O)OCc1ccccc1. The van der Waals surface area contributed by atoms with Crippen molar-refractivity contribution >= 4 is 6.09 Å². The van der Waals surface area contributed by atoms with Gasteiger partial charge in [-0.1, -0.05) is 54.3 Å². The molecule has 0 saturated heterocycles. The van der Waals surface area contributed by atoms with Crippen LogP contribution in [0, 0.1) is 11.8 Å². The van der Waals surface area contributed by atoms with Gasteiger partial charge in [0.1, 0.15) is 19.0 Å². The quantitative estimate of drug-likeness (QED) is 0.524. The second kappa shape index (κ2) is 9.13. The lowest BCUT2D eigenvalue weighted by Crippen LogP contribution is -2.24. The Kier molecular flexibility index (Phi) is 6.51. The zero-order valence-electron chi connectivity index (χ0n) is 12.7. The van der Waals surface area contributed by atoms with Crippen LogP contribution in [0.15, 0.2) is 54.6 Å². The summed E-state index contributed by atoms with van der Waals surface area (Å²) in [6, 6.07) is 16.8. The van der Waals surface area contributed by atoms with Gasteiger partial charge in [0, 0.05) is 0 Å². The van der Waals surface area contributed by atoms with Crippen molar-refractivity contribution in [2.75, 3.05) is 13.7 Å². The number of amides is 1. The first-order valence-corrected chi connectivity index (χ1v) is 7.00. The van der Waals surface area contributed by atoms with E-state index in [9.17, 15) is 4.79 Å². The molecule has 0 spiro atoms. The molecule has 0 heterocycles. The predicted molar refractivity (Wildman–Crippen MR) is 85.6 cm³/mol. The molecule has 0 fully saturated rings. The number of rotatable bonds is 5. The number of hydrogen-bond donors (Lipinski definition) is 1. The van der Waals surface area contributed by atoms with Crippen molar-refractivity contribution in [3.63, 3.8) is 0 Å². The minimum absolute atomic E-state index is 0.0402. The fourth-order valence-corrected chi connectivity index (χ4v) is 1.76. The first kappa shape index (κ1) is 16.4. The summed E-state index contributed by atoms with van der Waals surface area (Å²) in [5.74, 6) is 6.38. The van der Waals surface area contributed by atoms with Gasteiger partial charge >= 0.3 is 6.09 Å². The topological polar surface area (TPSA) is 56.8 Å². The molecule has 1 amide bonds. The summed E-state index contributed by atoms with van der Waals surface area (Å²) in [4.78, 5) is 16.4. The monoisotopic (exact) mass is 311 g/mol. The zero-order chi connectivity index (χ0) is 16.3. The molecule has 0 aliphatic rings. The zero-order valence-corrected chi connectivity index (χ0v) is 12.7. The van der Waals surface area contributed by atoms with E-state index in [4.69, 9.17) is 14.3 Å². The van der Waals surface area contributed by atoms with Crippen molar-refractivity contribution in [3.05, 3.63) is 65.7 Å². The van der Waals surface area contributed by atoms with E-state index in [2.05, 4.69) is 17.3 Å². The molecule has 0 aromatic heterocycles. The first-order chi connectivity index (χ1) is 11.3. The van der Waals surface area contributed by atoms with Crippen molar-refractivity contribution in [2.24, 2.45) is 0 Å². The molecule has 0 unspecified atom stereocenters. The largest absolute Gasteiger partial charge is 0.495 e. The molecule has 1 N–H and O–H groups in total. The molecular weight excluding hydrogens is 294 g/mol. The third-order valence-corrected chi connectivity index (χ3v) is 2.84. The van der Waals surface area contributed by atoms with Crippen LogP contribution in [0.3, 0.4) is 0 Å². The highest BCUT2D eigenvalue weighted by molar-refractivity contribution is 5.65. The Morgan fingerprint density at radius 3 is 2.61 bits per heavy atom. The standard InChI is InChI=1S/C18H17NO4/c1-21-17-12-6-5-10-16(17)11-7-13-23-19-18(20)22-14-15-8-3-2-4-9-15/h2-6,8-10,12H,13-14H2,1H3,(H,19,20). The van der Waals surface area contributed by atoms with Gasteiger partial charge in [0.15, 0.2) is 0 Å². The highest BCUT2D eigenvalue weighted by atomic mass is 16.7. The van der Waals surface area contributed by atoms with Gasteiger partial charge in [-0.05, 0) is 17.7 Å². The first-order valence-electron chi connectivity index (χ1n) is 7.00. The number of nitrogens with one attached hydrogen (secondary N) is 1. The second-order valence-electron chi connectivity index (χ2n) is 4.45. The summed E-state index contributed by atoms with van der Waals surface area (Å²) in [5.41, 5.74) is 3.83. The fourth-order valence-electron chi connectivity index (χ4n) is 1.76. The average molecular weight is 311 g/mol. The lowest BCUT2D eigenvalue weighted by molar-refractivity contribution is 0.0410. The Balaban J connectivity index is 1.69. The number of benzene rings is 2. The summed E-state index contributed by atoms with van der Waals surface area (Å²) in [7, 11) is 1.58. The minimum Gasteiger partial charge on any atom is -0.495 e. The number of para-hydroxylation sites is 1. The summed E-state index contributed by atoms with van der Waals surface area (Å²) in [5, 5.41) is 0. The van der Waals surface area contributed by atoms with Crippen LogP contribution in [-0.2, 0) is 16.2 Å². The van der Waals surface area contributed by atoms with Crippen LogP contribution in [-0.4, -0.2) is 19.8 Å². The Morgan fingerprint density at radius 1 is 1.09 bits per heavy atom. The summed E-state index contributed by atoms with van der Waals surface area (Å²) in [6.07, 6.45) is -0.659. The molecule has 0 aliphatic carbocycles. The highest BCUT2D eigenvalue weighted by Gasteiger charge is 2.01. The van der Waals surface area contributed by atoms with Crippen LogP contribution < -0.4 is 10.2 Å². The number of hydroxylamine groups is 1. The Bertz CT molecular complexity index is 689. The van der Waals surface area contributed by atoms with Crippen molar-refractivity contribution < 1.29 is 19.1 Å². The molecule has 0 saturated carbocycles. The molecule has 2 rings (SSSR count). The number of carbonyl (C=O) groups excluding carboxylic acids is 1. The molecule has 0 radical (unpaired) electrons. The van der Waals surface area contributed by atoms with Gasteiger partial charge in [0.05, 0.1) is 12.7 Å². The summed E-state index contributed by atoms with van der Waals surface area (Å²) in [6.45, 7) is 0.224. The van der Waals surface area contributed by atoms with Gasteiger partial charge in [-0.3, -0.25) is 4.84 Å². The van der Waals surface area contributed by atoms with E-state index in [0.717, 1.165) is 11.1 Å². The molecule has 0 bridgehead atoms. The van der Waals surface area contributed by atoms with E-state index in [0.29, 0.717) is 5.75 Å². The van der Waals surface area contributed by atoms with E-state index in [1.165, 1.54) is 0 Å². The van der Waals surface area contributed by atoms with Crippen molar-refractivity contribution in [3.8, 4) is 17.6 Å². The van der Waals surface area contributed by atoms with Crippen LogP contribution in [0.5, 0.6) is 5.75 Å². The summed E-state index contributed by atoms with van der Waals surface area (Å²) >= 11 is 0. The van der Waals surface area contributed by atoms with E-state index >= 15 is 0 Å². The van der Waals surface area contributed by atoms with Gasteiger partial charge in [0.2, 0.25) is 0 Å². The minimum atomic E-state index is -0.659. The molecule has 0 aliphatic heterocycles. The second-order valence-corrected chi connectivity index (χ2v) is 4.45. The van der Waals surface area contributed by atoms with E-state index in [-0.39, 0.29) is 13.2 Å². The van der Waals surface area contributed by atoms with Gasteiger partial charge in [0.25, 0.3) is 0 Å². The third kappa shape index (κ3) is 5.73. The molecule has 5 nitrogen and oxygen atoms in total. The molecular formula is C18H17NO4. The average Bonchev–Trinajstić information content (AvgIpc) is 2.61. The smallest absolute Gasteiger partial charge is 0.431 e. The molecule has 5 heteroatoms. The van der Waals surface area contributed by atoms with Crippen LogP contribution in [0.25, 0.3) is 0 Å². The van der Waals surface area contributed by atoms with Gasteiger partial charge in [-0.25, -0.2) is 4.79 Å². The van der Waals surface area contributed by atoms with Gasteiger partial charge in [-0.2, -0.15) is 5.48 Å². The van der Waals surface area contributed by atoms with Crippen LogP contribution in [0.1, 0.15) is 11.1 Å². The Morgan fingerprint density at radius 2 is 1.83 bits per heavy atom. The maximum Gasteiger partial charge on any atom is 0.431 e. The molecule has 2 aromatic rings. The van der Waals surface area contributed by atoms with E-state index in [1.54, 1.807) is 7.11 Å². The van der Waals surface area contributed by atoms with Gasteiger partial charge in [-0.15, -0.1) is 0 Å². The maximum atomic E-state index is 11.4. The maximum absolute atomic E-state index is 11.4. The van der Waals surface area contributed by atoms with Gasteiger partial charge < -0.3 is 9.47 Å². The predicted octanol–water partition coefficient (Wildman–Crippen LogP) is 2.90. The van der Waals surface area contributed by atoms with Crippen LogP contribution in [0.4, 0.5) is 4.79 Å². The number of methoxy groups -OCH3 is 1.